The van der Waals surface area contributed by atoms with Crippen LogP contribution in [0.3, 0.4) is 0 Å². The molecule has 3 nitrogen and oxygen atoms in total. The molecule has 0 aliphatic carbocycles. The Morgan fingerprint density at radius 2 is 2.25 bits per heavy atom. The number of thioether (sulfide) groups is 1. The molecule has 3 N–H and O–H groups in total. The Kier molecular flexibility index (Phi) is 5.32. The van der Waals surface area contributed by atoms with E-state index in [0.29, 0.717) is 6.04 Å². The van der Waals surface area contributed by atoms with E-state index in [2.05, 4.69) is 19.2 Å². The van der Waals surface area contributed by atoms with Crippen molar-refractivity contribution in [3.63, 3.8) is 0 Å². The van der Waals surface area contributed by atoms with Gasteiger partial charge >= 0.3 is 0 Å². The molecule has 16 heavy (non-hydrogen) atoms. The standard InChI is InChI=1S/C12H20N2OS/c1-4-16-8-9(2)14-12-6-5-10(15-3)7-11(12)13/h5-7,9,14H,4,8,13H2,1-3H3. The van der Waals surface area contributed by atoms with Crippen LogP contribution in [0.15, 0.2) is 18.2 Å². The highest BCUT2D eigenvalue weighted by Gasteiger charge is 2.05. The van der Waals surface area contributed by atoms with Crippen LogP contribution in [0.1, 0.15) is 13.8 Å². The van der Waals surface area contributed by atoms with Crippen LogP contribution >= 0.6 is 11.8 Å². The summed E-state index contributed by atoms with van der Waals surface area (Å²) in [6, 6.07) is 6.13. The van der Waals surface area contributed by atoms with E-state index in [1.165, 1.54) is 0 Å². The number of hydrogen-bond acceptors (Lipinski definition) is 4. The average molecular weight is 240 g/mol. The molecule has 1 rings (SSSR count). The Labute approximate surface area is 102 Å². The van der Waals surface area contributed by atoms with Gasteiger partial charge in [-0.2, -0.15) is 11.8 Å². The van der Waals surface area contributed by atoms with Crippen molar-refractivity contribution >= 4 is 23.1 Å². The predicted molar refractivity (Wildman–Crippen MR) is 73.5 cm³/mol. The second-order valence-corrected chi connectivity index (χ2v) is 4.98. The summed E-state index contributed by atoms with van der Waals surface area (Å²) in [6.45, 7) is 4.32. The molecule has 1 atom stereocenters. The molecule has 0 fully saturated rings. The molecule has 0 aliphatic rings. The van der Waals surface area contributed by atoms with Crippen molar-refractivity contribution < 1.29 is 4.74 Å². The van der Waals surface area contributed by atoms with Gasteiger partial charge in [-0.1, -0.05) is 6.92 Å². The topological polar surface area (TPSA) is 47.3 Å². The molecule has 90 valence electrons. The smallest absolute Gasteiger partial charge is 0.121 e. The molecule has 1 unspecified atom stereocenters. The lowest BCUT2D eigenvalue weighted by Gasteiger charge is -2.16. The van der Waals surface area contributed by atoms with Gasteiger partial charge in [-0.15, -0.1) is 0 Å². The molecule has 0 radical (unpaired) electrons. The lowest BCUT2D eigenvalue weighted by Crippen LogP contribution is -2.18. The summed E-state index contributed by atoms with van der Waals surface area (Å²) in [5.74, 6) is 3.02. The summed E-state index contributed by atoms with van der Waals surface area (Å²) in [5, 5.41) is 3.39. The van der Waals surface area contributed by atoms with Gasteiger partial charge in [-0.3, -0.25) is 0 Å². The first kappa shape index (κ1) is 13.0. The second kappa shape index (κ2) is 6.53. The third-order valence-electron chi connectivity index (χ3n) is 2.23. The van der Waals surface area contributed by atoms with Crippen molar-refractivity contribution in [3.8, 4) is 5.75 Å². The molecule has 0 saturated carbocycles. The number of ether oxygens (including phenoxy) is 1. The Morgan fingerprint density at radius 1 is 1.50 bits per heavy atom. The summed E-state index contributed by atoms with van der Waals surface area (Å²) in [7, 11) is 1.64. The molecule has 1 aromatic carbocycles. The zero-order chi connectivity index (χ0) is 12.0. The van der Waals surface area contributed by atoms with Crippen LogP contribution in [0.25, 0.3) is 0 Å². The van der Waals surface area contributed by atoms with Crippen LogP contribution in [0, 0.1) is 0 Å². The van der Waals surface area contributed by atoms with E-state index < -0.39 is 0 Å². The maximum atomic E-state index is 5.92. The van der Waals surface area contributed by atoms with E-state index in [-0.39, 0.29) is 0 Å². The minimum Gasteiger partial charge on any atom is -0.497 e. The lowest BCUT2D eigenvalue weighted by molar-refractivity contribution is 0.415. The summed E-state index contributed by atoms with van der Waals surface area (Å²) < 4.78 is 5.11. The maximum Gasteiger partial charge on any atom is 0.121 e. The van der Waals surface area contributed by atoms with E-state index in [0.717, 1.165) is 28.6 Å². The van der Waals surface area contributed by atoms with E-state index >= 15 is 0 Å². The molecule has 4 heteroatoms. The Hall–Kier alpha value is -1.03. The van der Waals surface area contributed by atoms with Gasteiger partial charge in [0.15, 0.2) is 0 Å². The fraction of sp³-hybridized carbons (Fsp3) is 0.500. The molecule has 0 spiro atoms. The third-order valence-corrected chi connectivity index (χ3v) is 3.38. The first-order valence-corrected chi connectivity index (χ1v) is 6.60. The van der Waals surface area contributed by atoms with Crippen molar-refractivity contribution in [2.75, 3.05) is 29.7 Å². The van der Waals surface area contributed by atoms with Crippen LogP contribution in [0.2, 0.25) is 0 Å². The fourth-order valence-corrected chi connectivity index (χ4v) is 2.07. The van der Waals surface area contributed by atoms with Gasteiger partial charge in [0.1, 0.15) is 5.75 Å². The average Bonchev–Trinajstić information content (AvgIpc) is 2.29. The highest BCUT2D eigenvalue weighted by molar-refractivity contribution is 7.99. The first-order chi connectivity index (χ1) is 7.67. The monoisotopic (exact) mass is 240 g/mol. The number of anilines is 2. The normalized spacial score (nSPS) is 12.2. The van der Waals surface area contributed by atoms with Crippen molar-refractivity contribution in [1.29, 1.82) is 0 Å². The van der Waals surface area contributed by atoms with E-state index in [9.17, 15) is 0 Å². The minimum absolute atomic E-state index is 0.417. The number of nitrogens with one attached hydrogen (secondary N) is 1. The number of nitrogens with two attached hydrogens (primary N) is 1. The van der Waals surface area contributed by atoms with Gasteiger partial charge in [0.2, 0.25) is 0 Å². The Morgan fingerprint density at radius 3 is 2.81 bits per heavy atom. The van der Waals surface area contributed by atoms with Crippen LogP contribution in [-0.4, -0.2) is 24.7 Å². The zero-order valence-electron chi connectivity index (χ0n) is 10.1. The lowest BCUT2D eigenvalue weighted by atomic mass is 10.2. The van der Waals surface area contributed by atoms with E-state index in [4.69, 9.17) is 10.5 Å². The highest BCUT2D eigenvalue weighted by Crippen LogP contribution is 2.24. The van der Waals surface area contributed by atoms with Gasteiger partial charge in [0.05, 0.1) is 18.5 Å². The molecular formula is C12H20N2OS. The van der Waals surface area contributed by atoms with Crippen molar-refractivity contribution in [1.82, 2.24) is 0 Å². The molecule has 0 heterocycles. The maximum absolute atomic E-state index is 5.92. The minimum atomic E-state index is 0.417. The van der Waals surface area contributed by atoms with Gasteiger partial charge in [0, 0.05) is 17.9 Å². The van der Waals surface area contributed by atoms with Crippen LogP contribution in [0.5, 0.6) is 5.75 Å². The molecular weight excluding hydrogens is 220 g/mol. The molecule has 0 aliphatic heterocycles. The first-order valence-electron chi connectivity index (χ1n) is 5.45. The van der Waals surface area contributed by atoms with E-state index in [1.807, 2.05) is 30.0 Å². The van der Waals surface area contributed by atoms with Gasteiger partial charge in [-0.25, -0.2) is 0 Å². The quantitative estimate of drug-likeness (QED) is 0.751. The van der Waals surface area contributed by atoms with Crippen molar-refractivity contribution in [2.45, 2.75) is 19.9 Å². The highest BCUT2D eigenvalue weighted by atomic mass is 32.2. The predicted octanol–water partition coefficient (Wildman–Crippen LogP) is 2.83. The largest absolute Gasteiger partial charge is 0.497 e. The van der Waals surface area contributed by atoms with Crippen molar-refractivity contribution in [2.24, 2.45) is 0 Å². The summed E-state index contributed by atoms with van der Waals surface area (Å²) in [6.07, 6.45) is 0. The van der Waals surface area contributed by atoms with Crippen LogP contribution < -0.4 is 15.8 Å². The number of hydrogen-bond donors (Lipinski definition) is 2. The zero-order valence-corrected chi connectivity index (χ0v) is 10.9. The summed E-state index contributed by atoms with van der Waals surface area (Å²) >= 11 is 1.92. The number of rotatable bonds is 6. The molecule has 0 saturated heterocycles. The number of methoxy groups -OCH3 is 1. The number of benzene rings is 1. The molecule has 1 aromatic rings. The molecule has 0 bridgehead atoms. The summed E-state index contributed by atoms with van der Waals surface area (Å²) in [5.41, 5.74) is 7.63. The third kappa shape index (κ3) is 3.85. The van der Waals surface area contributed by atoms with Gasteiger partial charge < -0.3 is 15.8 Å². The summed E-state index contributed by atoms with van der Waals surface area (Å²) in [4.78, 5) is 0. The molecule has 0 aromatic heterocycles. The SMILES string of the molecule is CCSCC(C)Nc1ccc(OC)cc1N. The Balaban J connectivity index is 2.59. The van der Waals surface area contributed by atoms with Crippen LogP contribution in [0.4, 0.5) is 11.4 Å². The second-order valence-electron chi connectivity index (χ2n) is 3.66. The molecule has 0 amide bonds. The Bertz CT molecular complexity index is 331. The van der Waals surface area contributed by atoms with Gasteiger partial charge in [0.25, 0.3) is 0 Å². The number of nitrogen functional groups attached to an aromatic ring is 1. The van der Waals surface area contributed by atoms with Crippen LogP contribution in [-0.2, 0) is 0 Å². The van der Waals surface area contributed by atoms with E-state index in [1.54, 1.807) is 7.11 Å². The fourth-order valence-electron chi connectivity index (χ4n) is 1.40. The van der Waals surface area contributed by atoms with Gasteiger partial charge in [-0.05, 0) is 24.8 Å². The van der Waals surface area contributed by atoms with Crippen molar-refractivity contribution in [3.05, 3.63) is 18.2 Å².